The molecule has 0 aromatic rings. The van der Waals surface area contributed by atoms with Crippen molar-refractivity contribution in [2.24, 2.45) is 17.8 Å². The first kappa shape index (κ1) is 8.34. The Balaban J connectivity index is 2.09. The predicted octanol–water partition coefficient (Wildman–Crippen LogP) is 3.78. The lowest BCUT2D eigenvalue weighted by molar-refractivity contribution is 0.262. The van der Waals surface area contributed by atoms with E-state index in [1.807, 2.05) is 0 Å². The summed E-state index contributed by atoms with van der Waals surface area (Å²) in [5, 5.41) is 0. The van der Waals surface area contributed by atoms with E-state index in [4.69, 9.17) is 0 Å². The molecule has 0 aromatic carbocycles. The molecule has 1 fully saturated rings. The van der Waals surface area contributed by atoms with Crippen molar-refractivity contribution in [3.63, 3.8) is 0 Å². The van der Waals surface area contributed by atoms with Crippen molar-refractivity contribution in [2.45, 2.75) is 46.0 Å². The van der Waals surface area contributed by atoms with E-state index in [1.54, 1.807) is 5.57 Å². The van der Waals surface area contributed by atoms with Crippen molar-refractivity contribution >= 4 is 0 Å². The molecule has 0 spiro atoms. The first-order valence-corrected chi connectivity index (χ1v) is 5.47. The quantitative estimate of drug-likeness (QED) is 0.517. The highest BCUT2D eigenvalue weighted by Gasteiger charge is 2.28. The topological polar surface area (TPSA) is 0 Å². The van der Waals surface area contributed by atoms with Crippen LogP contribution in [-0.2, 0) is 0 Å². The largest absolute Gasteiger partial charge is 0.0825 e. The molecule has 2 aliphatic rings. The fourth-order valence-corrected chi connectivity index (χ4v) is 3.09. The molecule has 0 N–H and O–H groups in total. The summed E-state index contributed by atoms with van der Waals surface area (Å²) in [7, 11) is 0. The molecule has 68 valence electrons. The molecule has 0 amide bonds. The third-order valence-electron chi connectivity index (χ3n) is 3.57. The van der Waals surface area contributed by atoms with Gasteiger partial charge in [0.25, 0.3) is 0 Å². The van der Waals surface area contributed by atoms with Crippen molar-refractivity contribution in [3.05, 3.63) is 11.6 Å². The highest BCUT2D eigenvalue weighted by molar-refractivity contribution is 5.12. The molecule has 0 aliphatic heterocycles. The van der Waals surface area contributed by atoms with Crippen LogP contribution in [0.2, 0.25) is 0 Å². The van der Waals surface area contributed by atoms with Crippen molar-refractivity contribution in [2.75, 3.05) is 0 Å². The molecule has 0 heteroatoms. The zero-order valence-corrected chi connectivity index (χ0v) is 8.34. The molecule has 0 nitrogen and oxygen atoms in total. The zero-order valence-electron chi connectivity index (χ0n) is 8.34. The van der Waals surface area contributed by atoms with Crippen molar-refractivity contribution in [1.29, 1.82) is 0 Å². The van der Waals surface area contributed by atoms with Gasteiger partial charge >= 0.3 is 0 Å². The molecule has 0 radical (unpaired) electrons. The lowest BCUT2D eigenvalue weighted by Gasteiger charge is -2.36. The highest BCUT2D eigenvalue weighted by Crippen LogP contribution is 2.41. The van der Waals surface area contributed by atoms with Crippen LogP contribution in [0.15, 0.2) is 11.6 Å². The van der Waals surface area contributed by atoms with Crippen LogP contribution in [0, 0.1) is 17.8 Å². The smallest absolute Gasteiger partial charge is 0.0257 e. The van der Waals surface area contributed by atoms with Crippen molar-refractivity contribution in [3.8, 4) is 0 Å². The van der Waals surface area contributed by atoms with Gasteiger partial charge in [-0.05, 0) is 43.4 Å². The van der Waals surface area contributed by atoms with E-state index in [9.17, 15) is 0 Å². The first-order chi connectivity index (χ1) is 5.78. The maximum Gasteiger partial charge on any atom is -0.0257 e. The van der Waals surface area contributed by atoms with Crippen molar-refractivity contribution < 1.29 is 0 Å². The summed E-state index contributed by atoms with van der Waals surface area (Å²) in [6.45, 7) is 4.72. The summed E-state index contributed by atoms with van der Waals surface area (Å²) in [5.74, 6) is 2.93. The van der Waals surface area contributed by atoms with E-state index in [0.29, 0.717) is 0 Å². The number of fused-ring (bicyclic) bond motifs is 2. The first-order valence-electron chi connectivity index (χ1n) is 5.47. The van der Waals surface area contributed by atoms with E-state index in [0.717, 1.165) is 17.8 Å². The minimum Gasteiger partial charge on any atom is -0.0825 e. The van der Waals surface area contributed by atoms with Crippen LogP contribution in [0.3, 0.4) is 0 Å². The Morgan fingerprint density at radius 1 is 1.33 bits per heavy atom. The van der Waals surface area contributed by atoms with Gasteiger partial charge in [-0.3, -0.25) is 0 Å². The molecular weight excluding hydrogens is 144 g/mol. The normalized spacial score (nSPS) is 40.8. The Bertz CT molecular complexity index is 190. The number of hydrogen-bond donors (Lipinski definition) is 0. The van der Waals surface area contributed by atoms with Crippen molar-refractivity contribution in [1.82, 2.24) is 0 Å². The van der Waals surface area contributed by atoms with Crippen LogP contribution >= 0.6 is 0 Å². The molecule has 2 bridgehead atoms. The Hall–Kier alpha value is -0.260. The molecule has 0 aromatic heterocycles. The van der Waals surface area contributed by atoms with Gasteiger partial charge in [0.05, 0.1) is 0 Å². The molecule has 12 heavy (non-hydrogen) atoms. The van der Waals surface area contributed by atoms with Crippen LogP contribution in [-0.4, -0.2) is 0 Å². The number of rotatable bonds is 1. The molecule has 0 saturated heterocycles. The van der Waals surface area contributed by atoms with E-state index in [-0.39, 0.29) is 0 Å². The van der Waals surface area contributed by atoms with E-state index in [2.05, 4.69) is 19.9 Å². The third-order valence-corrected chi connectivity index (χ3v) is 3.57. The Morgan fingerprint density at radius 2 is 2.17 bits per heavy atom. The fraction of sp³-hybridized carbons (Fsp3) is 0.833. The predicted molar refractivity (Wildman–Crippen MR) is 53.0 cm³/mol. The monoisotopic (exact) mass is 164 g/mol. The molecule has 2 aliphatic carbocycles. The molecular formula is C12H20. The summed E-state index contributed by atoms with van der Waals surface area (Å²) < 4.78 is 0. The van der Waals surface area contributed by atoms with Crippen LogP contribution in [0.1, 0.15) is 46.0 Å². The summed E-state index contributed by atoms with van der Waals surface area (Å²) in [6, 6.07) is 0. The minimum absolute atomic E-state index is 0.872. The Kier molecular flexibility index (Phi) is 2.25. The Labute approximate surface area is 76.1 Å². The van der Waals surface area contributed by atoms with Gasteiger partial charge in [0.15, 0.2) is 0 Å². The van der Waals surface area contributed by atoms with Crippen LogP contribution in [0.25, 0.3) is 0 Å². The second kappa shape index (κ2) is 3.24. The molecule has 1 saturated carbocycles. The number of hydrogen-bond acceptors (Lipinski definition) is 0. The van der Waals surface area contributed by atoms with E-state index < -0.39 is 0 Å². The average Bonchev–Trinajstić information content (AvgIpc) is 2.02. The second-order valence-electron chi connectivity index (χ2n) is 4.82. The van der Waals surface area contributed by atoms with E-state index >= 15 is 0 Å². The van der Waals surface area contributed by atoms with Crippen LogP contribution in [0.5, 0.6) is 0 Å². The summed E-state index contributed by atoms with van der Waals surface area (Å²) in [4.78, 5) is 0. The summed E-state index contributed by atoms with van der Waals surface area (Å²) in [5.41, 5.74) is 1.77. The van der Waals surface area contributed by atoms with Gasteiger partial charge in [-0.1, -0.05) is 31.9 Å². The molecule has 3 atom stereocenters. The van der Waals surface area contributed by atoms with Gasteiger partial charge in [0.2, 0.25) is 0 Å². The molecule has 0 heterocycles. The fourth-order valence-electron chi connectivity index (χ4n) is 3.09. The molecule has 3 unspecified atom stereocenters. The second-order valence-corrected chi connectivity index (χ2v) is 4.82. The van der Waals surface area contributed by atoms with Gasteiger partial charge in [-0.15, -0.1) is 0 Å². The maximum atomic E-state index is 2.54. The van der Waals surface area contributed by atoms with Gasteiger partial charge in [0.1, 0.15) is 0 Å². The lowest BCUT2D eigenvalue weighted by atomic mass is 9.70. The Morgan fingerprint density at radius 3 is 2.83 bits per heavy atom. The third kappa shape index (κ3) is 1.57. The average molecular weight is 164 g/mol. The minimum atomic E-state index is 0.872. The van der Waals surface area contributed by atoms with Gasteiger partial charge in [0, 0.05) is 0 Å². The molecule has 2 rings (SSSR count). The zero-order chi connectivity index (χ0) is 8.55. The highest BCUT2D eigenvalue weighted by atomic mass is 14.3. The SMILES string of the molecule is CCC1CC2=CC(C)CC(C2)C1. The van der Waals surface area contributed by atoms with Crippen LogP contribution < -0.4 is 0 Å². The van der Waals surface area contributed by atoms with Gasteiger partial charge < -0.3 is 0 Å². The summed E-state index contributed by atoms with van der Waals surface area (Å²) >= 11 is 0. The lowest BCUT2D eigenvalue weighted by Crippen LogP contribution is -2.22. The number of allylic oxidation sites excluding steroid dienone is 2. The van der Waals surface area contributed by atoms with Gasteiger partial charge in [-0.25, -0.2) is 0 Å². The maximum absolute atomic E-state index is 2.54. The van der Waals surface area contributed by atoms with E-state index in [1.165, 1.54) is 32.1 Å². The standard InChI is InChI=1S/C12H20/c1-3-10-6-11-4-9(2)5-12(7-10)8-11/h4,9-10,12H,3,5-8H2,1-2H3. The van der Waals surface area contributed by atoms with Gasteiger partial charge in [-0.2, -0.15) is 0 Å². The summed E-state index contributed by atoms with van der Waals surface area (Å²) in [6.07, 6.45) is 9.75. The van der Waals surface area contributed by atoms with Crippen LogP contribution in [0.4, 0.5) is 0 Å².